The molecule has 2 fully saturated rings. The van der Waals surface area contributed by atoms with Crippen LogP contribution in [-0.2, 0) is 6.54 Å². The maximum absolute atomic E-state index is 11.3. The van der Waals surface area contributed by atoms with E-state index < -0.39 is 5.91 Å². The number of carbonyl (C=O) groups excluding carboxylic acids is 1. The lowest BCUT2D eigenvalue weighted by molar-refractivity contribution is 0.1000. The number of amides is 1. The molecule has 1 spiro atoms. The molecule has 5 nitrogen and oxygen atoms in total. The normalized spacial score (nSPS) is 19.7. The first-order chi connectivity index (χ1) is 11.1. The van der Waals surface area contributed by atoms with Crippen molar-refractivity contribution in [2.75, 3.05) is 19.6 Å². The van der Waals surface area contributed by atoms with Crippen LogP contribution in [0.15, 0.2) is 29.3 Å². The molecule has 1 aliphatic carbocycles. The van der Waals surface area contributed by atoms with Crippen molar-refractivity contribution in [3.63, 3.8) is 0 Å². The van der Waals surface area contributed by atoms with Crippen molar-refractivity contribution in [1.29, 1.82) is 0 Å². The van der Waals surface area contributed by atoms with Crippen molar-refractivity contribution < 1.29 is 4.79 Å². The summed E-state index contributed by atoms with van der Waals surface area (Å²) in [7, 11) is 0. The number of aliphatic imine (C=N–C) groups is 1. The minimum atomic E-state index is -0.394. The van der Waals surface area contributed by atoms with Gasteiger partial charge in [0, 0.05) is 25.2 Å². The average Bonchev–Trinajstić information content (AvgIpc) is 2.97. The second kappa shape index (κ2) is 6.60. The van der Waals surface area contributed by atoms with Crippen LogP contribution in [0.4, 0.5) is 0 Å². The summed E-state index contributed by atoms with van der Waals surface area (Å²) in [6, 6.07) is 7.41. The second-order valence-corrected chi connectivity index (χ2v) is 6.76. The van der Waals surface area contributed by atoms with Gasteiger partial charge in [0.25, 0.3) is 0 Å². The molecule has 0 radical (unpaired) electrons. The van der Waals surface area contributed by atoms with Crippen LogP contribution in [0.2, 0.25) is 0 Å². The summed E-state index contributed by atoms with van der Waals surface area (Å²) in [4.78, 5) is 18.4. The first-order valence-electron chi connectivity index (χ1n) is 8.54. The number of likely N-dealkylation sites (tertiary alicyclic amines) is 1. The second-order valence-electron chi connectivity index (χ2n) is 6.76. The number of guanidine groups is 1. The van der Waals surface area contributed by atoms with Gasteiger partial charge in [-0.15, -0.1) is 0 Å². The maximum Gasteiger partial charge on any atom is 0.248 e. The molecule has 1 saturated heterocycles. The highest BCUT2D eigenvalue weighted by Gasteiger charge is 2.43. The Kier molecular flexibility index (Phi) is 4.55. The van der Waals surface area contributed by atoms with E-state index in [1.807, 2.05) is 18.2 Å². The zero-order valence-electron chi connectivity index (χ0n) is 13.8. The summed E-state index contributed by atoms with van der Waals surface area (Å²) >= 11 is 0. The number of primary amides is 1. The largest absolute Gasteiger partial charge is 0.366 e. The SMILES string of the molecule is CCNC(=NCc1cccc(C(N)=O)c1)N1CCC2(CCC2)C1. The molecule has 1 saturated carbocycles. The van der Waals surface area contributed by atoms with Crippen molar-refractivity contribution in [2.24, 2.45) is 16.1 Å². The van der Waals surface area contributed by atoms with E-state index in [0.29, 0.717) is 17.5 Å². The van der Waals surface area contributed by atoms with Gasteiger partial charge in [0.15, 0.2) is 5.96 Å². The number of rotatable bonds is 4. The summed E-state index contributed by atoms with van der Waals surface area (Å²) in [6.45, 7) is 5.74. The lowest BCUT2D eigenvalue weighted by Gasteiger charge is -2.38. The summed E-state index contributed by atoms with van der Waals surface area (Å²) in [5.74, 6) is 0.593. The molecule has 1 aliphatic heterocycles. The quantitative estimate of drug-likeness (QED) is 0.660. The van der Waals surface area contributed by atoms with Crippen molar-refractivity contribution in [3.05, 3.63) is 35.4 Å². The molecule has 1 aromatic rings. The third kappa shape index (κ3) is 3.49. The highest BCUT2D eigenvalue weighted by atomic mass is 16.1. The van der Waals surface area contributed by atoms with Gasteiger partial charge in [-0.3, -0.25) is 4.79 Å². The van der Waals surface area contributed by atoms with Crippen LogP contribution in [0.1, 0.15) is 48.5 Å². The van der Waals surface area contributed by atoms with E-state index in [2.05, 4.69) is 17.1 Å². The van der Waals surface area contributed by atoms with Gasteiger partial charge in [-0.05, 0) is 49.3 Å². The fourth-order valence-corrected chi connectivity index (χ4v) is 3.62. The number of nitrogens with one attached hydrogen (secondary N) is 1. The van der Waals surface area contributed by atoms with E-state index in [1.54, 1.807) is 6.07 Å². The van der Waals surface area contributed by atoms with Crippen molar-refractivity contribution in [2.45, 2.75) is 39.2 Å². The van der Waals surface area contributed by atoms with Gasteiger partial charge >= 0.3 is 0 Å². The van der Waals surface area contributed by atoms with Crippen LogP contribution in [0.25, 0.3) is 0 Å². The summed E-state index contributed by atoms with van der Waals surface area (Å²) in [5, 5.41) is 3.40. The average molecular weight is 314 g/mol. The van der Waals surface area contributed by atoms with Crippen LogP contribution >= 0.6 is 0 Å². The Bertz CT molecular complexity index is 607. The molecule has 3 rings (SSSR count). The number of nitrogens with zero attached hydrogens (tertiary/aromatic N) is 2. The zero-order chi connectivity index (χ0) is 16.3. The number of hydrogen-bond acceptors (Lipinski definition) is 2. The minimum Gasteiger partial charge on any atom is -0.366 e. The molecule has 1 amide bonds. The molecule has 124 valence electrons. The van der Waals surface area contributed by atoms with Gasteiger partial charge in [0.2, 0.25) is 5.91 Å². The molecular weight excluding hydrogens is 288 g/mol. The summed E-state index contributed by atoms with van der Waals surface area (Å²) < 4.78 is 0. The highest BCUT2D eigenvalue weighted by Crippen LogP contribution is 2.47. The van der Waals surface area contributed by atoms with Gasteiger partial charge in [-0.1, -0.05) is 18.6 Å². The first-order valence-corrected chi connectivity index (χ1v) is 8.54. The molecule has 0 unspecified atom stereocenters. The standard InChI is InChI=1S/C18H26N4O/c1-2-20-17(22-10-9-18(13-22)7-4-8-18)21-12-14-5-3-6-15(11-14)16(19)23/h3,5-6,11H,2,4,7-10,12-13H2,1H3,(H2,19,23)(H,20,21). The predicted molar refractivity (Wildman–Crippen MR) is 92.2 cm³/mol. The van der Waals surface area contributed by atoms with E-state index in [1.165, 1.54) is 25.7 Å². The smallest absolute Gasteiger partial charge is 0.248 e. The van der Waals surface area contributed by atoms with Crippen molar-refractivity contribution >= 4 is 11.9 Å². The number of nitrogens with two attached hydrogens (primary N) is 1. The maximum atomic E-state index is 11.3. The zero-order valence-corrected chi connectivity index (χ0v) is 13.8. The van der Waals surface area contributed by atoms with Crippen LogP contribution in [0, 0.1) is 5.41 Å². The van der Waals surface area contributed by atoms with Gasteiger partial charge in [-0.2, -0.15) is 0 Å². The third-order valence-electron chi connectivity index (χ3n) is 5.11. The molecular formula is C18H26N4O. The van der Waals surface area contributed by atoms with E-state index in [-0.39, 0.29) is 0 Å². The molecule has 0 aromatic heterocycles. The van der Waals surface area contributed by atoms with E-state index >= 15 is 0 Å². The molecule has 2 aliphatic rings. The van der Waals surface area contributed by atoms with Gasteiger partial charge in [-0.25, -0.2) is 4.99 Å². The van der Waals surface area contributed by atoms with Crippen molar-refractivity contribution in [3.8, 4) is 0 Å². The lowest BCUT2D eigenvalue weighted by Crippen LogP contribution is -2.42. The monoisotopic (exact) mass is 314 g/mol. The Balaban J connectivity index is 1.69. The Morgan fingerprint density at radius 1 is 1.39 bits per heavy atom. The molecule has 3 N–H and O–H groups in total. The van der Waals surface area contributed by atoms with Gasteiger partial charge < -0.3 is 16.0 Å². The lowest BCUT2D eigenvalue weighted by atomic mass is 9.68. The number of hydrogen-bond donors (Lipinski definition) is 2. The summed E-state index contributed by atoms with van der Waals surface area (Å²) in [6.07, 6.45) is 5.39. The molecule has 23 heavy (non-hydrogen) atoms. The summed E-state index contributed by atoms with van der Waals surface area (Å²) in [5.41, 5.74) is 7.45. The van der Waals surface area contributed by atoms with Gasteiger partial charge in [0.05, 0.1) is 6.54 Å². The Morgan fingerprint density at radius 3 is 2.83 bits per heavy atom. The minimum absolute atomic E-state index is 0.394. The highest BCUT2D eigenvalue weighted by molar-refractivity contribution is 5.92. The number of carbonyl (C=O) groups is 1. The van der Waals surface area contributed by atoms with Crippen molar-refractivity contribution in [1.82, 2.24) is 10.2 Å². The fourth-order valence-electron chi connectivity index (χ4n) is 3.62. The molecule has 0 bridgehead atoms. The Labute approximate surface area is 138 Å². The van der Waals surface area contributed by atoms with Crippen LogP contribution in [-0.4, -0.2) is 36.4 Å². The molecule has 5 heteroatoms. The van der Waals surface area contributed by atoms with E-state index in [0.717, 1.165) is 31.2 Å². The fraction of sp³-hybridized carbons (Fsp3) is 0.556. The first kappa shape index (κ1) is 15.8. The third-order valence-corrected chi connectivity index (χ3v) is 5.11. The number of benzene rings is 1. The predicted octanol–water partition coefficient (Wildman–Crippen LogP) is 2.13. The van der Waals surface area contributed by atoms with Crippen LogP contribution in [0.5, 0.6) is 0 Å². The molecule has 0 atom stereocenters. The molecule has 1 aromatic carbocycles. The van der Waals surface area contributed by atoms with E-state index in [9.17, 15) is 4.79 Å². The Morgan fingerprint density at radius 2 is 2.22 bits per heavy atom. The van der Waals surface area contributed by atoms with E-state index in [4.69, 9.17) is 10.7 Å². The van der Waals surface area contributed by atoms with Crippen LogP contribution < -0.4 is 11.1 Å². The topological polar surface area (TPSA) is 70.7 Å². The Hall–Kier alpha value is -2.04. The molecule has 1 heterocycles. The van der Waals surface area contributed by atoms with Gasteiger partial charge in [0.1, 0.15) is 0 Å². The van der Waals surface area contributed by atoms with Crippen LogP contribution in [0.3, 0.4) is 0 Å².